The second-order valence-electron chi connectivity index (χ2n) is 9.83. The second-order valence-corrected chi connectivity index (χ2v) is 12.2. The standard InChI is InChI=1S/C27H35ClN2O6S/c28-22-10-12-24(13-11-22)37(33,34)30(17-21-8-4-5-9-21)18-26(31)25(16-20-6-2-1-3-7-20)29-27(32)36-23-14-15-35-19-23/h1-3,6-7,10-13,21,23,25-26,31H,4-5,8-9,14-19H2,(H,29,32)/t23-,25-,26?/m0/s1. The molecule has 0 spiro atoms. The van der Waals surface area contributed by atoms with Crippen molar-refractivity contribution >= 4 is 27.7 Å². The van der Waals surface area contributed by atoms with E-state index in [2.05, 4.69) is 5.32 Å². The largest absolute Gasteiger partial charge is 0.444 e. The average molecular weight is 551 g/mol. The lowest BCUT2D eigenvalue weighted by Gasteiger charge is -2.31. The normalized spacial score (nSPS) is 20.1. The first-order valence-corrected chi connectivity index (χ1v) is 14.7. The maximum atomic E-state index is 13.6. The van der Waals surface area contributed by atoms with Crippen LogP contribution in [-0.4, -0.2) is 68.5 Å². The van der Waals surface area contributed by atoms with Crippen molar-refractivity contribution in [3.05, 3.63) is 65.2 Å². The number of nitrogens with one attached hydrogen (secondary N) is 1. The van der Waals surface area contributed by atoms with Crippen molar-refractivity contribution in [3.8, 4) is 0 Å². The van der Waals surface area contributed by atoms with Gasteiger partial charge in [0.25, 0.3) is 0 Å². The first-order chi connectivity index (χ1) is 17.8. The molecule has 1 heterocycles. The zero-order valence-electron chi connectivity index (χ0n) is 20.8. The number of sulfonamides is 1. The van der Waals surface area contributed by atoms with Gasteiger partial charge in [0.1, 0.15) is 6.10 Å². The fraction of sp³-hybridized carbons (Fsp3) is 0.519. The van der Waals surface area contributed by atoms with E-state index in [1.165, 1.54) is 16.4 Å². The smallest absolute Gasteiger partial charge is 0.407 e. The molecule has 10 heteroatoms. The summed E-state index contributed by atoms with van der Waals surface area (Å²) in [6, 6.07) is 14.7. The molecule has 3 atom stereocenters. The zero-order chi connectivity index (χ0) is 26.3. The second kappa shape index (κ2) is 13.1. The van der Waals surface area contributed by atoms with Crippen LogP contribution in [0.25, 0.3) is 0 Å². The number of nitrogens with zero attached hydrogens (tertiary/aromatic N) is 1. The van der Waals surface area contributed by atoms with Crippen LogP contribution in [-0.2, 0) is 25.9 Å². The molecule has 1 aliphatic carbocycles. The van der Waals surface area contributed by atoms with Gasteiger partial charge >= 0.3 is 6.09 Å². The van der Waals surface area contributed by atoms with Crippen LogP contribution >= 0.6 is 11.6 Å². The number of hydrogen-bond acceptors (Lipinski definition) is 6. The molecule has 202 valence electrons. The fourth-order valence-corrected chi connectivity index (χ4v) is 6.60. The molecule has 1 aliphatic heterocycles. The van der Waals surface area contributed by atoms with Gasteiger partial charge in [-0.2, -0.15) is 4.31 Å². The van der Waals surface area contributed by atoms with E-state index in [-0.39, 0.29) is 23.5 Å². The molecule has 1 saturated heterocycles. The molecule has 2 aromatic carbocycles. The highest BCUT2D eigenvalue weighted by Crippen LogP contribution is 2.28. The number of benzene rings is 2. The Labute approximate surface area is 224 Å². The van der Waals surface area contributed by atoms with E-state index in [0.29, 0.717) is 37.6 Å². The van der Waals surface area contributed by atoms with Gasteiger partial charge in [-0.25, -0.2) is 13.2 Å². The zero-order valence-corrected chi connectivity index (χ0v) is 22.4. The first kappa shape index (κ1) is 27.9. The number of rotatable bonds is 11. The highest BCUT2D eigenvalue weighted by atomic mass is 35.5. The summed E-state index contributed by atoms with van der Waals surface area (Å²) >= 11 is 5.98. The summed E-state index contributed by atoms with van der Waals surface area (Å²) in [5, 5.41) is 14.6. The first-order valence-electron chi connectivity index (χ1n) is 12.8. The third-order valence-corrected chi connectivity index (χ3v) is 9.10. The van der Waals surface area contributed by atoms with E-state index in [1.807, 2.05) is 30.3 Å². The lowest BCUT2D eigenvalue weighted by atomic mass is 10.0. The minimum Gasteiger partial charge on any atom is -0.444 e. The maximum absolute atomic E-state index is 13.6. The number of amides is 1. The lowest BCUT2D eigenvalue weighted by Crippen LogP contribution is -2.51. The van der Waals surface area contributed by atoms with E-state index in [4.69, 9.17) is 21.1 Å². The summed E-state index contributed by atoms with van der Waals surface area (Å²) < 4.78 is 39.4. The molecule has 0 bridgehead atoms. The SMILES string of the molecule is O=C(N[C@@H](Cc1ccccc1)C(O)CN(CC1CCCC1)S(=O)(=O)c1ccc(Cl)cc1)O[C@H]1CCOC1. The van der Waals surface area contributed by atoms with Gasteiger partial charge in [0.05, 0.1) is 30.3 Å². The summed E-state index contributed by atoms with van der Waals surface area (Å²) in [7, 11) is -3.90. The van der Waals surface area contributed by atoms with Gasteiger partial charge in [-0.05, 0) is 55.0 Å². The average Bonchev–Trinajstić information content (AvgIpc) is 3.58. The monoisotopic (exact) mass is 550 g/mol. The van der Waals surface area contributed by atoms with Crippen molar-refractivity contribution in [2.75, 3.05) is 26.3 Å². The van der Waals surface area contributed by atoms with Crippen molar-refractivity contribution in [2.24, 2.45) is 5.92 Å². The van der Waals surface area contributed by atoms with Crippen LogP contribution in [0.3, 0.4) is 0 Å². The fourth-order valence-electron chi connectivity index (χ4n) is 4.94. The molecule has 37 heavy (non-hydrogen) atoms. The molecular formula is C27H35ClN2O6S. The van der Waals surface area contributed by atoms with Gasteiger partial charge in [0, 0.05) is 24.5 Å². The van der Waals surface area contributed by atoms with Crippen molar-refractivity contribution in [1.82, 2.24) is 9.62 Å². The molecule has 1 saturated carbocycles. The van der Waals surface area contributed by atoms with Gasteiger partial charge in [0.15, 0.2) is 0 Å². The molecule has 8 nitrogen and oxygen atoms in total. The number of aliphatic hydroxyl groups is 1. The molecule has 2 aliphatic rings. The van der Waals surface area contributed by atoms with Crippen LogP contribution in [0.15, 0.2) is 59.5 Å². The van der Waals surface area contributed by atoms with E-state index >= 15 is 0 Å². The summed E-state index contributed by atoms with van der Waals surface area (Å²) in [6.45, 7) is 1.02. The van der Waals surface area contributed by atoms with Crippen LogP contribution in [0.4, 0.5) is 4.79 Å². The van der Waals surface area contributed by atoms with E-state index in [0.717, 1.165) is 31.2 Å². The molecular weight excluding hydrogens is 516 g/mol. The predicted octanol–water partition coefficient (Wildman–Crippen LogP) is 4.01. The predicted molar refractivity (Wildman–Crippen MR) is 141 cm³/mol. The van der Waals surface area contributed by atoms with Crippen LogP contribution < -0.4 is 5.32 Å². The topological polar surface area (TPSA) is 105 Å². The summed E-state index contributed by atoms with van der Waals surface area (Å²) in [5.74, 6) is 0.224. The number of aliphatic hydroxyl groups excluding tert-OH is 1. The van der Waals surface area contributed by atoms with Gasteiger partial charge < -0.3 is 19.9 Å². The Balaban J connectivity index is 1.53. The Morgan fingerprint density at radius 1 is 1.11 bits per heavy atom. The number of ether oxygens (including phenoxy) is 2. The Hall–Kier alpha value is -2.17. The molecule has 2 aromatic rings. The minimum absolute atomic E-state index is 0.121. The number of hydrogen-bond donors (Lipinski definition) is 2. The highest BCUT2D eigenvalue weighted by Gasteiger charge is 2.33. The van der Waals surface area contributed by atoms with E-state index < -0.39 is 28.3 Å². The van der Waals surface area contributed by atoms with Gasteiger partial charge in [-0.15, -0.1) is 0 Å². The van der Waals surface area contributed by atoms with Crippen LogP contribution in [0.2, 0.25) is 5.02 Å². The highest BCUT2D eigenvalue weighted by molar-refractivity contribution is 7.89. The van der Waals surface area contributed by atoms with Crippen molar-refractivity contribution in [1.29, 1.82) is 0 Å². The third-order valence-electron chi connectivity index (χ3n) is 7.01. The molecule has 0 radical (unpaired) electrons. The summed E-state index contributed by atoms with van der Waals surface area (Å²) in [5.41, 5.74) is 0.902. The Bertz CT molecular complexity index is 1100. The molecule has 1 unspecified atom stereocenters. The Morgan fingerprint density at radius 2 is 1.81 bits per heavy atom. The molecule has 2 N–H and O–H groups in total. The van der Waals surface area contributed by atoms with Crippen molar-refractivity contribution < 1.29 is 27.8 Å². The minimum atomic E-state index is -3.90. The van der Waals surface area contributed by atoms with Gasteiger partial charge in [-0.3, -0.25) is 0 Å². The quantitative estimate of drug-likeness (QED) is 0.438. The van der Waals surface area contributed by atoms with Crippen LogP contribution in [0.5, 0.6) is 0 Å². The molecule has 2 fully saturated rings. The van der Waals surface area contributed by atoms with E-state index in [1.54, 1.807) is 12.1 Å². The van der Waals surface area contributed by atoms with Crippen LogP contribution in [0, 0.1) is 5.92 Å². The lowest BCUT2D eigenvalue weighted by molar-refractivity contribution is 0.0641. The molecule has 0 aromatic heterocycles. The molecule has 1 amide bonds. The summed E-state index contributed by atoms with van der Waals surface area (Å²) in [4.78, 5) is 12.8. The van der Waals surface area contributed by atoms with Gasteiger partial charge in [0.2, 0.25) is 10.0 Å². The summed E-state index contributed by atoms with van der Waals surface area (Å²) in [6.07, 6.45) is 2.81. The third kappa shape index (κ3) is 7.91. The van der Waals surface area contributed by atoms with Crippen molar-refractivity contribution in [3.63, 3.8) is 0 Å². The number of carbonyl (C=O) groups is 1. The van der Waals surface area contributed by atoms with Crippen molar-refractivity contribution in [2.45, 2.75) is 61.7 Å². The van der Waals surface area contributed by atoms with Gasteiger partial charge in [-0.1, -0.05) is 54.8 Å². The number of halogens is 1. The van der Waals surface area contributed by atoms with Crippen LogP contribution in [0.1, 0.15) is 37.7 Å². The molecule has 4 rings (SSSR count). The Morgan fingerprint density at radius 3 is 2.46 bits per heavy atom. The Kier molecular flexibility index (Phi) is 9.83. The maximum Gasteiger partial charge on any atom is 0.407 e. The number of alkyl carbamates (subject to hydrolysis) is 1. The van der Waals surface area contributed by atoms with E-state index in [9.17, 15) is 18.3 Å². The number of carbonyl (C=O) groups excluding carboxylic acids is 1.